The summed E-state index contributed by atoms with van der Waals surface area (Å²) in [6.45, 7) is 2.30. The van der Waals surface area contributed by atoms with Crippen LogP contribution in [0.3, 0.4) is 0 Å². The number of carbonyl (C=O) groups is 3. The van der Waals surface area contributed by atoms with Gasteiger partial charge < -0.3 is 9.80 Å². The van der Waals surface area contributed by atoms with Crippen molar-refractivity contribution in [1.82, 2.24) is 9.80 Å². The number of likely N-dealkylation sites (tertiary alicyclic amines) is 1. The Morgan fingerprint density at radius 1 is 1.00 bits per heavy atom. The first-order chi connectivity index (χ1) is 11.6. The number of amides is 3. The van der Waals surface area contributed by atoms with Crippen LogP contribution in [-0.2, 0) is 14.4 Å². The second kappa shape index (κ2) is 6.98. The predicted molar refractivity (Wildman–Crippen MR) is 85.8 cm³/mol. The van der Waals surface area contributed by atoms with E-state index in [1.54, 1.807) is 23.1 Å². The average molecular weight is 333 g/mol. The summed E-state index contributed by atoms with van der Waals surface area (Å²) in [5.41, 5.74) is 0.554. The van der Waals surface area contributed by atoms with Gasteiger partial charge in [0.1, 0.15) is 5.82 Å². The number of halogens is 1. The maximum Gasteiger partial charge on any atom is 0.229 e. The fourth-order valence-corrected chi connectivity index (χ4v) is 3.14. The maximum absolute atomic E-state index is 13.8. The molecule has 7 heteroatoms. The molecule has 2 heterocycles. The number of para-hydroxylation sites is 1. The summed E-state index contributed by atoms with van der Waals surface area (Å²) in [5, 5.41) is 0. The first kappa shape index (κ1) is 16.4. The molecule has 0 aromatic heterocycles. The largest absolute Gasteiger partial charge is 0.366 e. The van der Waals surface area contributed by atoms with Crippen LogP contribution in [-0.4, -0.2) is 60.2 Å². The summed E-state index contributed by atoms with van der Waals surface area (Å²) in [7, 11) is 0. The van der Waals surface area contributed by atoms with E-state index in [4.69, 9.17) is 0 Å². The van der Waals surface area contributed by atoms with Crippen LogP contribution < -0.4 is 4.90 Å². The lowest BCUT2D eigenvalue weighted by Crippen LogP contribution is -2.49. The van der Waals surface area contributed by atoms with Gasteiger partial charge in [0.25, 0.3) is 0 Å². The molecule has 3 amide bonds. The summed E-state index contributed by atoms with van der Waals surface area (Å²) in [6, 6.07) is 6.61. The van der Waals surface area contributed by atoms with Gasteiger partial charge in [0.15, 0.2) is 0 Å². The lowest BCUT2D eigenvalue weighted by molar-refractivity contribution is -0.139. The Hall–Kier alpha value is -2.44. The van der Waals surface area contributed by atoms with Crippen molar-refractivity contribution < 1.29 is 18.8 Å². The summed E-state index contributed by atoms with van der Waals surface area (Å²) in [5.74, 6) is -0.728. The van der Waals surface area contributed by atoms with Crippen molar-refractivity contribution in [2.24, 2.45) is 0 Å². The molecule has 24 heavy (non-hydrogen) atoms. The molecule has 0 unspecified atom stereocenters. The molecule has 0 N–H and O–H groups in total. The third-order valence-electron chi connectivity index (χ3n) is 4.53. The van der Waals surface area contributed by atoms with Crippen molar-refractivity contribution in [2.45, 2.75) is 19.3 Å². The molecule has 2 saturated heterocycles. The summed E-state index contributed by atoms with van der Waals surface area (Å²) in [4.78, 5) is 40.2. The van der Waals surface area contributed by atoms with Crippen molar-refractivity contribution in [3.05, 3.63) is 30.1 Å². The van der Waals surface area contributed by atoms with E-state index in [1.165, 1.54) is 11.0 Å². The summed E-state index contributed by atoms with van der Waals surface area (Å²) < 4.78 is 13.8. The Balaban J connectivity index is 1.49. The van der Waals surface area contributed by atoms with Gasteiger partial charge >= 0.3 is 0 Å². The SMILES string of the molecule is O=C(CCN1C(=O)CCC1=O)N1CCN(c2ccccc2F)CC1. The van der Waals surface area contributed by atoms with E-state index in [-0.39, 0.29) is 49.3 Å². The Kier molecular flexibility index (Phi) is 4.78. The highest BCUT2D eigenvalue weighted by Crippen LogP contribution is 2.20. The van der Waals surface area contributed by atoms with E-state index in [0.717, 1.165) is 0 Å². The molecule has 1 aromatic carbocycles. The molecule has 0 saturated carbocycles. The fraction of sp³-hybridized carbons (Fsp3) is 0.471. The van der Waals surface area contributed by atoms with Gasteiger partial charge in [-0.3, -0.25) is 19.3 Å². The molecule has 2 fully saturated rings. The van der Waals surface area contributed by atoms with Crippen LogP contribution in [0.15, 0.2) is 24.3 Å². The lowest BCUT2D eigenvalue weighted by Gasteiger charge is -2.36. The van der Waals surface area contributed by atoms with Crippen molar-refractivity contribution in [1.29, 1.82) is 0 Å². The van der Waals surface area contributed by atoms with Crippen molar-refractivity contribution >= 4 is 23.4 Å². The quantitative estimate of drug-likeness (QED) is 0.772. The van der Waals surface area contributed by atoms with E-state index >= 15 is 0 Å². The van der Waals surface area contributed by atoms with Crippen LogP contribution in [0.2, 0.25) is 0 Å². The van der Waals surface area contributed by atoms with Gasteiger partial charge in [0.2, 0.25) is 17.7 Å². The third kappa shape index (κ3) is 3.39. The van der Waals surface area contributed by atoms with Crippen LogP contribution in [0, 0.1) is 5.82 Å². The Labute approximate surface area is 139 Å². The molecule has 128 valence electrons. The first-order valence-electron chi connectivity index (χ1n) is 8.16. The number of imide groups is 1. The Bertz CT molecular complexity index is 640. The molecule has 1 aromatic rings. The average Bonchev–Trinajstić information content (AvgIpc) is 2.91. The minimum Gasteiger partial charge on any atom is -0.366 e. The van der Waals surface area contributed by atoms with Gasteiger partial charge in [-0.05, 0) is 12.1 Å². The Morgan fingerprint density at radius 3 is 2.25 bits per heavy atom. The van der Waals surface area contributed by atoms with Gasteiger partial charge in [-0.2, -0.15) is 0 Å². The number of rotatable bonds is 4. The van der Waals surface area contributed by atoms with E-state index in [1.807, 2.05) is 4.90 Å². The van der Waals surface area contributed by atoms with E-state index in [9.17, 15) is 18.8 Å². The molecule has 3 rings (SSSR count). The number of nitrogens with zero attached hydrogens (tertiary/aromatic N) is 3. The highest BCUT2D eigenvalue weighted by molar-refractivity contribution is 6.02. The van der Waals surface area contributed by atoms with Crippen LogP contribution in [0.1, 0.15) is 19.3 Å². The summed E-state index contributed by atoms with van der Waals surface area (Å²) in [6.07, 6.45) is 0.639. The van der Waals surface area contributed by atoms with Gasteiger partial charge in [-0.25, -0.2) is 4.39 Å². The zero-order valence-electron chi connectivity index (χ0n) is 13.4. The number of anilines is 1. The van der Waals surface area contributed by atoms with E-state index in [2.05, 4.69) is 0 Å². The number of benzene rings is 1. The molecule has 6 nitrogen and oxygen atoms in total. The standard InChI is InChI=1S/C17H20FN3O3/c18-13-3-1-2-4-14(13)19-9-11-20(12-10-19)15(22)7-8-21-16(23)5-6-17(21)24/h1-4H,5-12H2. The van der Waals surface area contributed by atoms with Gasteiger partial charge in [0.05, 0.1) is 5.69 Å². The molecular weight excluding hydrogens is 313 g/mol. The molecule has 0 radical (unpaired) electrons. The molecule has 0 aliphatic carbocycles. The molecule has 0 spiro atoms. The topological polar surface area (TPSA) is 60.9 Å². The monoisotopic (exact) mass is 333 g/mol. The molecule has 2 aliphatic rings. The highest BCUT2D eigenvalue weighted by atomic mass is 19.1. The molecule has 2 aliphatic heterocycles. The summed E-state index contributed by atoms with van der Waals surface area (Å²) >= 11 is 0. The molecule has 0 atom stereocenters. The van der Waals surface area contributed by atoms with Crippen LogP contribution in [0.25, 0.3) is 0 Å². The highest BCUT2D eigenvalue weighted by Gasteiger charge is 2.30. The molecular formula is C17H20FN3O3. The normalized spacial score (nSPS) is 18.5. The zero-order valence-corrected chi connectivity index (χ0v) is 13.4. The van der Waals surface area contributed by atoms with Crippen molar-refractivity contribution in [3.8, 4) is 0 Å². The van der Waals surface area contributed by atoms with Gasteiger partial charge in [-0.1, -0.05) is 12.1 Å². The van der Waals surface area contributed by atoms with E-state index < -0.39 is 0 Å². The lowest BCUT2D eigenvalue weighted by atomic mass is 10.2. The minimum absolute atomic E-state index is 0.0734. The minimum atomic E-state index is -0.261. The Morgan fingerprint density at radius 2 is 1.62 bits per heavy atom. The fourth-order valence-electron chi connectivity index (χ4n) is 3.14. The van der Waals surface area contributed by atoms with Crippen LogP contribution >= 0.6 is 0 Å². The number of carbonyl (C=O) groups excluding carboxylic acids is 3. The van der Waals surface area contributed by atoms with Crippen molar-refractivity contribution in [3.63, 3.8) is 0 Å². The van der Waals surface area contributed by atoms with Gasteiger partial charge in [0, 0.05) is 52.0 Å². The number of hydrogen-bond acceptors (Lipinski definition) is 4. The first-order valence-corrected chi connectivity index (χ1v) is 8.16. The second-order valence-electron chi connectivity index (χ2n) is 6.01. The smallest absolute Gasteiger partial charge is 0.229 e. The zero-order chi connectivity index (χ0) is 17.1. The predicted octanol–water partition coefficient (Wildman–Crippen LogP) is 1.01. The molecule has 0 bridgehead atoms. The van der Waals surface area contributed by atoms with Crippen LogP contribution in [0.4, 0.5) is 10.1 Å². The van der Waals surface area contributed by atoms with Crippen molar-refractivity contribution in [2.75, 3.05) is 37.6 Å². The van der Waals surface area contributed by atoms with Gasteiger partial charge in [-0.15, -0.1) is 0 Å². The van der Waals surface area contributed by atoms with E-state index in [0.29, 0.717) is 31.9 Å². The number of hydrogen-bond donors (Lipinski definition) is 0. The third-order valence-corrected chi connectivity index (χ3v) is 4.53. The maximum atomic E-state index is 13.8. The van der Waals surface area contributed by atoms with Crippen LogP contribution in [0.5, 0.6) is 0 Å². The second-order valence-corrected chi connectivity index (χ2v) is 6.01. The number of piperazine rings is 1.